The highest BCUT2D eigenvalue weighted by molar-refractivity contribution is 5.98. The molecular weight excluding hydrogens is 396 g/mol. The quantitative estimate of drug-likeness (QED) is 0.741. The molecule has 31 heavy (non-hydrogen) atoms. The number of likely N-dealkylation sites (tertiary alicyclic amines) is 1. The van der Waals surface area contributed by atoms with Crippen LogP contribution in [-0.4, -0.2) is 54.2 Å². The maximum Gasteiger partial charge on any atom is 0.417 e. The van der Waals surface area contributed by atoms with Crippen LogP contribution in [0.5, 0.6) is 0 Å². The second-order valence-corrected chi connectivity index (χ2v) is 7.83. The molecule has 0 aromatic heterocycles. The van der Waals surface area contributed by atoms with Crippen molar-refractivity contribution in [2.24, 2.45) is 0 Å². The van der Waals surface area contributed by atoms with Gasteiger partial charge in [-0.3, -0.25) is 4.79 Å². The first-order valence-electron chi connectivity index (χ1n) is 10.6. The van der Waals surface area contributed by atoms with E-state index in [9.17, 15) is 14.4 Å². The van der Waals surface area contributed by atoms with Crippen LogP contribution in [0.15, 0.2) is 60.7 Å². The van der Waals surface area contributed by atoms with Crippen LogP contribution in [0.1, 0.15) is 42.3 Å². The third-order valence-corrected chi connectivity index (χ3v) is 6.06. The number of benzene rings is 2. The predicted molar refractivity (Wildman–Crippen MR) is 113 cm³/mol. The fourth-order valence-corrected chi connectivity index (χ4v) is 4.57. The van der Waals surface area contributed by atoms with Gasteiger partial charge in [0.2, 0.25) is 5.91 Å². The number of hydrogen-bond acceptors (Lipinski definition) is 5. The zero-order valence-electron chi connectivity index (χ0n) is 17.5. The van der Waals surface area contributed by atoms with Gasteiger partial charge >= 0.3 is 12.2 Å². The van der Waals surface area contributed by atoms with Crippen LogP contribution >= 0.6 is 0 Å². The molecule has 2 aromatic rings. The monoisotopic (exact) mass is 422 g/mol. The summed E-state index contributed by atoms with van der Waals surface area (Å²) in [6, 6.07) is 17.8. The first-order valence-corrected chi connectivity index (χ1v) is 10.6. The Kier molecular flexibility index (Phi) is 6.21. The van der Waals surface area contributed by atoms with Crippen LogP contribution in [0.4, 0.5) is 9.59 Å². The van der Waals surface area contributed by atoms with Gasteiger partial charge in [0.05, 0.1) is 19.1 Å². The Morgan fingerprint density at radius 3 is 2.39 bits per heavy atom. The Hall–Kier alpha value is -3.35. The van der Waals surface area contributed by atoms with Crippen molar-refractivity contribution in [3.8, 4) is 0 Å². The molecule has 0 aliphatic carbocycles. The van der Waals surface area contributed by atoms with Gasteiger partial charge < -0.3 is 14.4 Å². The summed E-state index contributed by atoms with van der Waals surface area (Å²) in [6.45, 7) is 0.627. The molecule has 0 spiro atoms. The first-order chi connectivity index (χ1) is 15.1. The Labute approximate surface area is 181 Å². The van der Waals surface area contributed by atoms with Gasteiger partial charge in [0.1, 0.15) is 12.6 Å². The Bertz CT molecular complexity index is 934. The summed E-state index contributed by atoms with van der Waals surface area (Å²) in [6.07, 6.45) is 1.28. The van der Waals surface area contributed by atoms with E-state index in [1.807, 2.05) is 60.7 Å². The molecule has 3 amide bonds. The highest BCUT2D eigenvalue weighted by Crippen LogP contribution is 2.37. The van der Waals surface area contributed by atoms with E-state index < -0.39 is 30.2 Å². The lowest BCUT2D eigenvalue weighted by Crippen LogP contribution is -2.51. The molecule has 2 fully saturated rings. The molecule has 0 saturated carbocycles. The summed E-state index contributed by atoms with van der Waals surface area (Å²) in [7, 11) is 1.34. The molecule has 2 unspecified atom stereocenters. The summed E-state index contributed by atoms with van der Waals surface area (Å²) in [4.78, 5) is 41.9. The molecule has 4 rings (SSSR count). The van der Waals surface area contributed by atoms with Crippen LogP contribution in [0, 0.1) is 0 Å². The number of ether oxygens (including phenoxy) is 2. The van der Waals surface area contributed by atoms with E-state index in [2.05, 4.69) is 0 Å². The van der Waals surface area contributed by atoms with Crippen LogP contribution < -0.4 is 0 Å². The average Bonchev–Trinajstić information content (AvgIpc) is 3.21. The van der Waals surface area contributed by atoms with Crippen LogP contribution in [0.2, 0.25) is 0 Å². The molecule has 3 atom stereocenters. The molecule has 0 bridgehead atoms. The fraction of sp³-hybridized carbons (Fsp3) is 0.375. The first kappa shape index (κ1) is 20.9. The van der Waals surface area contributed by atoms with Gasteiger partial charge in [-0.15, -0.1) is 0 Å². The lowest BCUT2D eigenvalue weighted by Gasteiger charge is -2.40. The van der Waals surface area contributed by atoms with Crippen molar-refractivity contribution < 1.29 is 23.9 Å². The summed E-state index contributed by atoms with van der Waals surface area (Å²) in [5.74, 6) is -1.05. The summed E-state index contributed by atoms with van der Waals surface area (Å²) in [5.41, 5.74) is 1.60. The van der Waals surface area contributed by atoms with Gasteiger partial charge in [-0.1, -0.05) is 60.7 Å². The van der Waals surface area contributed by atoms with Gasteiger partial charge in [-0.2, -0.15) is 0 Å². The van der Waals surface area contributed by atoms with Crippen molar-refractivity contribution in [2.45, 2.75) is 37.3 Å². The number of amides is 3. The maximum atomic E-state index is 13.9. The maximum absolute atomic E-state index is 13.9. The lowest BCUT2D eigenvalue weighted by atomic mass is 9.84. The van der Waals surface area contributed by atoms with Crippen LogP contribution in [0.3, 0.4) is 0 Å². The highest BCUT2D eigenvalue weighted by atomic mass is 16.6. The Morgan fingerprint density at radius 2 is 1.71 bits per heavy atom. The van der Waals surface area contributed by atoms with Crippen molar-refractivity contribution in [3.63, 3.8) is 0 Å². The molecule has 2 aromatic carbocycles. The van der Waals surface area contributed by atoms with Crippen molar-refractivity contribution in [1.82, 2.24) is 9.80 Å². The molecule has 2 aliphatic rings. The number of hydrogen-bond donors (Lipinski definition) is 0. The number of methoxy groups -OCH3 is 1. The van der Waals surface area contributed by atoms with E-state index in [-0.39, 0.29) is 12.5 Å². The predicted octanol–water partition coefficient (Wildman–Crippen LogP) is 4.11. The smallest absolute Gasteiger partial charge is 0.417 e. The molecule has 7 heteroatoms. The second-order valence-electron chi connectivity index (χ2n) is 7.83. The topological polar surface area (TPSA) is 76.2 Å². The van der Waals surface area contributed by atoms with E-state index in [4.69, 9.17) is 9.47 Å². The van der Waals surface area contributed by atoms with Gasteiger partial charge in [-0.05, 0) is 30.4 Å². The molecule has 7 nitrogen and oxygen atoms in total. The largest absolute Gasteiger partial charge is 0.453 e. The van der Waals surface area contributed by atoms with Gasteiger partial charge in [0.25, 0.3) is 0 Å². The summed E-state index contributed by atoms with van der Waals surface area (Å²) < 4.78 is 10.3. The van der Waals surface area contributed by atoms with Gasteiger partial charge in [0, 0.05) is 6.54 Å². The zero-order valence-corrected chi connectivity index (χ0v) is 17.5. The number of carbonyl (C=O) groups is 3. The van der Waals surface area contributed by atoms with Crippen molar-refractivity contribution in [2.75, 3.05) is 20.3 Å². The van der Waals surface area contributed by atoms with Crippen molar-refractivity contribution in [1.29, 1.82) is 0 Å². The van der Waals surface area contributed by atoms with Crippen molar-refractivity contribution in [3.05, 3.63) is 71.8 Å². The number of piperidine rings is 1. The standard InChI is InChI=1S/C24H26N2O5/c1-30-23(28)25-15-9-8-14-19(25)21(18-12-6-3-7-13-18)22(27)26-20(16-31-24(26)29)17-10-4-2-5-11-17/h2-7,10-13,19-21H,8-9,14-16H2,1H3/t19?,20-,21?/m0/s1. The van der Waals surface area contributed by atoms with E-state index in [1.54, 1.807) is 4.90 Å². The normalized spacial score (nSPS) is 22.0. The minimum absolute atomic E-state index is 0.113. The highest BCUT2D eigenvalue weighted by Gasteiger charge is 2.46. The van der Waals surface area contributed by atoms with E-state index >= 15 is 0 Å². The van der Waals surface area contributed by atoms with Gasteiger partial charge in [-0.25, -0.2) is 14.5 Å². The molecule has 2 aliphatic heterocycles. The molecule has 2 saturated heterocycles. The number of cyclic esters (lactones) is 1. The second kappa shape index (κ2) is 9.20. The number of rotatable bonds is 4. The average molecular weight is 422 g/mol. The molecule has 2 heterocycles. The van der Waals surface area contributed by atoms with E-state index in [1.165, 1.54) is 12.0 Å². The molecule has 0 radical (unpaired) electrons. The van der Waals surface area contributed by atoms with Crippen LogP contribution in [-0.2, 0) is 14.3 Å². The summed E-state index contributed by atoms with van der Waals surface area (Å²) in [5, 5.41) is 0. The molecular formula is C24H26N2O5. The number of nitrogens with zero attached hydrogens (tertiary/aromatic N) is 2. The van der Waals surface area contributed by atoms with Crippen LogP contribution in [0.25, 0.3) is 0 Å². The minimum Gasteiger partial charge on any atom is -0.453 e. The minimum atomic E-state index is -0.697. The third-order valence-electron chi connectivity index (χ3n) is 6.06. The van der Waals surface area contributed by atoms with Gasteiger partial charge in [0.15, 0.2) is 0 Å². The third kappa shape index (κ3) is 4.13. The fourth-order valence-electron chi connectivity index (χ4n) is 4.57. The Morgan fingerprint density at radius 1 is 1.03 bits per heavy atom. The number of imide groups is 1. The zero-order chi connectivity index (χ0) is 21.8. The molecule has 162 valence electrons. The van der Waals surface area contributed by atoms with E-state index in [0.29, 0.717) is 13.0 Å². The van der Waals surface area contributed by atoms with E-state index in [0.717, 1.165) is 24.0 Å². The lowest BCUT2D eigenvalue weighted by molar-refractivity contribution is -0.132. The number of carbonyl (C=O) groups excluding carboxylic acids is 3. The van der Waals surface area contributed by atoms with Crippen molar-refractivity contribution >= 4 is 18.1 Å². The Balaban J connectivity index is 1.73. The SMILES string of the molecule is COC(=O)N1CCCCC1C(C(=O)N1C(=O)OC[C@H]1c1ccccc1)c1ccccc1. The molecule has 0 N–H and O–H groups in total. The summed E-state index contributed by atoms with van der Waals surface area (Å²) >= 11 is 0.